The van der Waals surface area contributed by atoms with Gasteiger partial charge in [-0.2, -0.15) is 0 Å². The molecule has 0 saturated heterocycles. The van der Waals surface area contributed by atoms with Gasteiger partial charge in [0, 0.05) is 5.56 Å². The van der Waals surface area contributed by atoms with Crippen LogP contribution in [0.15, 0.2) is 36.4 Å². The Hall–Kier alpha value is -2.76. The summed E-state index contributed by atoms with van der Waals surface area (Å²) in [4.78, 5) is 23.9. The molecule has 6 heteroatoms. The van der Waals surface area contributed by atoms with E-state index in [9.17, 15) is 18.4 Å². The lowest BCUT2D eigenvalue weighted by atomic mass is 10.1. The number of benzene rings is 2. The van der Waals surface area contributed by atoms with E-state index in [-0.39, 0.29) is 23.4 Å². The first kappa shape index (κ1) is 16.6. The van der Waals surface area contributed by atoms with Crippen LogP contribution in [0, 0.1) is 18.6 Å². The Morgan fingerprint density at radius 1 is 1.17 bits per heavy atom. The fourth-order valence-corrected chi connectivity index (χ4v) is 2.02. The second-order valence-electron chi connectivity index (χ2n) is 4.83. The van der Waals surface area contributed by atoms with Crippen molar-refractivity contribution in [3.8, 4) is 0 Å². The van der Waals surface area contributed by atoms with E-state index >= 15 is 0 Å². The minimum atomic E-state index is -0.694. The normalized spacial score (nSPS) is 10.3. The predicted molar refractivity (Wildman–Crippen MR) is 81.4 cm³/mol. The molecule has 2 aromatic carbocycles. The molecule has 0 heterocycles. The summed E-state index contributed by atoms with van der Waals surface area (Å²) >= 11 is 0. The molecule has 0 spiro atoms. The molecule has 0 unspecified atom stereocenters. The molecule has 2 aromatic rings. The first-order chi connectivity index (χ1) is 10.9. The van der Waals surface area contributed by atoms with Crippen molar-refractivity contribution in [2.24, 2.45) is 0 Å². The number of carbonyl (C=O) groups is 2. The van der Waals surface area contributed by atoms with E-state index in [1.165, 1.54) is 24.3 Å². The molecular weight excluding hydrogens is 304 g/mol. The van der Waals surface area contributed by atoms with Crippen LogP contribution in [0.5, 0.6) is 0 Å². The fraction of sp³-hybridized carbons (Fsp3) is 0.176. The lowest BCUT2D eigenvalue weighted by molar-refractivity contribution is 0.0525. The van der Waals surface area contributed by atoms with Crippen molar-refractivity contribution in [1.82, 2.24) is 0 Å². The molecule has 120 valence electrons. The molecule has 0 aliphatic rings. The van der Waals surface area contributed by atoms with Gasteiger partial charge in [0.05, 0.1) is 17.9 Å². The van der Waals surface area contributed by atoms with Gasteiger partial charge in [0.2, 0.25) is 0 Å². The van der Waals surface area contributed by atoms with Crippen LogP contribution in [-0.2, 0) is 4.74 Å². The van der Waals surface area contributed by atoms with Gasteiger partial charge in [0.1, 0.15) is 11.6 Å². The zero-order chi connectivity index (χ0) is 17.0. The van der Waals surface area contributed by atoms with E-state index in [0.717, 1.165) is 12.1 Å². The summed E-state index contributed by atoms with van der Waals surface area (Å²) in [5.41, 5.74) is 0.420. The van der Waals surface area contributed by atoms with Gasteiger partial charge in [0.15, 0.2) is 0 Å². The van der Waals surface area contributed by atoms with Gasteiger partial charge in [-0.15, -0.1) is 0 Å². The van der Waals surface area contributed by atoms with Crippen LogP contribution in [0.2, 0.25) is 0 Å². The lowest BCUT2D eigenvalue weighted by Crippen LogP contribution is -2.15. The van der Waals surface area contributed by atoms with E-state index in [0.29, 0.717) is 5.56 Å². The summed E-state index contributed by atoms with van der Waals surface area (Å²) < 4.78 is 32.0. The quantitative estimate of drug-likeness (QED) is 0.874. The van der Waals surface area contributed by atoms with Gasteiger partial charge < -0.3 is 10.1 Å². The zero-order valence-electron chi connectivity index (χ0n) is 12.7. The van der Waals surface area contributed by atoms with Crippen LogP contribution in [0.25, 0.3) is 0 Å². The Morgan fingerprint density at radius 3 is 2.57 bits per heavy atom. The maximum atomic E-state index is 14.0. The van der Waals surface area contributed by atoms with Gasteiger partial charge in [-0.25, -0.2) is 13.6 Å². The smallest absolute Gasteiger partial charge is 0.338 e. The van der Waals surface area contributed by atoms with Crippen molar-refractivity contribution in [3.63, 3.8) is 0 Å². The molecule has 0 atom stereocenters. The topological polar surface area (TPSA) is 55.4 Å². The molecule has 1 N–H and O–H groups in total. The Balaban J connectivity index is 2.30. The lowest BCUT2D eigenvalue weighted by Gasteiger charge is -2.11. The number of halogens is 2. The molecule has 0 aliphatic heterocycles. The molecule has 4 nitrogen and oxygen atoms in total. The molecule has 0 aromatic heterocycles. The first-order valence-electron chi connectivity index (χ1n) is 6.96. The number of carbonyl (C=O) groups excluding carboxylic acids is 2. The molecule has 23 heavy (non-hydrogen) atoms. The number of anilines is 1. The summed E-state index contributed by atoms with van der Waals surface area (Å²) in [6.07, 6.45) is 0. The SMILES string of the molecule is CCOC(=O)c1cc(NC(=O)c2cccc(F)c2)c(F)cc1C. The monoisotopic (exact) mass is 319 g/mol. The van der Waals surface area contributed by atoms with Crippen molar-refractivity contribution < 1.29 is 23.1 Å². The van der Waals surface area contributed by atoms with Crippen LogP contribution in [0.1, 0.15) is 33.2 Å². The molecule has 0 fully saturated rings. The van der Waals surface area contributed by atoms with E-state index in [2.05, 4.69) is 5.32 Å². The average Bonchev–Trinajstić information content (AvgIpc) is 2.50. The van der Waals surface area contributed by atoms with Crippen LogP contribution in [0.3, 0.4) is 0 Å². The Labute approximate surface area is 132 Å². The highest BCUT2D eigenvalue weighted by atomic mass is 19.1. The molecule has 0 radical (unpaired) electrons. The predicted octanol–water partition coefficient (Wildman–Crippen LogP) is 3.70. The molecule has 0 aliphatic carbocycles. The van der Waals surface area contributed by atoms with Gasteiger partial charge in [-0.1, -0.05) is 6.07 Å². The van der Waals surface area contributed by atoms with Crippen LogP contribution >= 0.6 is 0 Å². The van der Waals surface area contributed by atoms with Gasteiger partial charge >= 0.3 is 5.97 Å². The van der Waals surface area contributed by atoms with E-state index in [4.69, 9.17) is 4.74 Å². The van der Waals surface area contributed by atoms with Gasteiger partial charge in [0.25, 0.3) is 5.91 Å². The molecule has 2 rings (SSSR count). The van der Waals surface area contributed by atoms with E-state index in [1.807, 2.05) is 0 Å². The Kier molecular flexibility index (Phi) is 5.05. The van der Waals surface area contributed by atoms with Crippen molar-refractivity contribution >= 4 is 17.6 Å². The standard InChI is InChI=1S/C17H15F2NO3/c1-3-23-17(22)13-9-15(14(19)7-10(13)2)20-16(21)11-5-4-6-12(18)8-11/h4-9H,3H2,1-2H3,(H,20,21). The van der Waals surface area contributed by atoms with Crippen molar-refractivity contribution in [1.29, 1.82) is 0 Å². The highest BCUT2D eigenvalue weighted by Crippen LogP contribution is 2.21. The second kappa shape index (κ2) is 7.00. The van der Waals surface area contributed by atoms with Crippen LogP contribution < -0.4 is 5.32 Å². The number of nitrogens with one attached hydrogen (secondary N) is 1. The highest BCUT2D eigenvalue weighted by molar-refractivity contribution is 6.05. The molecule has 1 amide bonds. The molecule has 0 saturated carbocycles. The number of hydrogen-bond acceptors (Lipinski definition) is 3. The number of esters is 1. The summed E-state index contributed by atoms with van der Waals surface area (Å²) in [7, 11) is 0. The van der Waals surface area contributed by atoms with Crippen LogP contribution in [0.4, 0.5) is 14.5 Å². The second-order valence-corrected chi connectivity index (χ2v) is 4.83. The maximum absolute atomic E-state index is 14.0. The third-order valence-corrected chi connectivity index (χ3v) is 3.14. The molecule has 0 bridgehead atoms. The summed E-state index contributed by atoms with van der Waals surface area (Å²) in [5.74, 6) is -2.55. The number of amides is 1. The summed E-state index contributed by atoms with van der Waals surface area (Å²) in [5, 5.41) is 2.33. The number of hydrogen-bond donors (Lipinski definition) is 1. The minimum absolute atomic E-state index is 0.0441. The van der Waals surface area contributed by atoms with Crippen molar-refractivity contribution in [2.45, 2.75) is 13.8 Å². The first-order valence-corrected chi connectivity index (χ1v) is 6.96. The Bertz CT molecular complexity index is 759. The molecular formula is C17H15F2NO3. The third-order valence-electron chi connectivity index (χ3n) is 3.14. The maximum Gasteiger partial charge on any atom is 0.338 e. The van der Waals surface area contributed by atoms with Crippen LogP contribution in [-0.4, -0.2) is 18.5 Å². The van der Waals surface area contributed by atoms with Gasteiger partial charge in [-0.05, 0) is 49.7 Å². The van der Waals surface area contributed by atoms with Gasteiger partial charge in [-0.3, -0.25) is 4.79 Å². The number of aryl methyl sites for hydroxylation is 1. The Morgan fingerprint density at radius 2 is 1.91 bits per heavy atom. The highest BCUT2D eigenvalue weighted by Gasteiger charge is 2.16. The largest absolute Gasteiger partial charge is 0.462 e. The summed E-state index contributed by atoms with van der Waals surface area (Å²) in [6, 6.07) is 7.35. The number of ether oxygens (including phenoxy) is 1. The third kappa shape index (κ3) is 3.91. The van der Waals surface area contributed by atoms with Crippen molar-refractivity contribution in [2.75, 3.05) is 11.9 Å². The minimum Gasteiger partial charge on any atom is -0.462 e. The fourth-order valence-electron chi connectivity index (χ4n) is 2.02. The summed E-state index contributed by atoms with van der Waals surface area (Å²) in [6.45, 7) is 3.40. The number of rotatable bonds is 4. The van der Waals surface area contributed by atoms with E-state index < -0.39 is 23.5 Å². The van der Waals surface area contributed by atoms with Crippen molar-refractivity contribution in [3.05, 3.63) is 64.7 Å². The zero-order valence-corrected chi connectivity index (χ0v) is 12.7. The average molecular weight is 319 g/mol. The van der Waals surface area contributed by atoms with E-state index in [1.54, 1.807) is 13.8 Å².